The molecule has 3 aromatic rings. The monoisotopic (exact) mass is 591 g/mol. The van der Waals surface area contributed by atoms with Gasteiger partial charge in [0.2, 0.25) is 0 Å². The number of nitriles is 1. The third-order valence-electron chi connectivity index (χ3n) is 8.61. The van der Waals surface area contributed by atoms with E-state index in [0.717, 1.165) is 53.5 Å². The summed E-state index contributed by atoms with van der Waals surface area (Å²) in [5.41, 5.74) is 6.41. The van der Waals surface area contributed by atoms with Gasteiger partial charge < -0.3 is 10.2 Å². The summed E-state index contributed by atoms with van der Waals surface area (Å²) < 4.78 is 0. The van der Waals surface area contributed by atoms with Gasteiger partial charge >= 0.3 is 0 Å². The van der Waals surface area contributed by atoms with Gasteiger partial charge in [0.15, 0.2) is 0 Å². The van der Waals surface area contributed by atoms with Crippen molar-refractivity contribution in [2.45, 2.75) is 116 Å². The summed E-state index contributed by atoms with van der Waals surface area (Å²) in [5.74, 6) is 0.539. The van der Waals surface area contributed by atoms with E-state index in [2.05, 4.69) is 80.5 Å². The summed E-state index contributed by atoms with van der Waals surface area (Å²) in [6, 6.07) is 17.9. The van der Waals surface area contributed by atoms with Crippen LogP contribution in [0.25, 0.3) is 11.1 Å². The first kappa shape index (κ1) is 33.0. The normalized spacial score (nSPS) is 18.2. The fraction of sp³-hybridized carbons (Fsp3) is 0.462. The predicted molar refractivity (Wildman–Crippen MR) is 184 cm³/mol. The fourth-order valence-electron chi connectivity index (χ4n) is 5.78. The zero-order chi connectivity index (χ0) is 32.4. The van der Waals surface area contributed by atoms with Crippen molar-refractivity contribution in [3.05, 3.63) is 81.9 Å². The molecule has 44 heavy (non-hydrogen) atoms. The molecule has 1 saturated carbocycles. The maximum Gasteiger partial charge on any atom is 0.128 e. The number of nitrogens with zero attached hydrogens (tertiary/aromatic N) is 3. The Morgan fingerprint density at radius 2 is 1.14 bits per heavy atom. The van der Waals surface area contributed by atoms with Crippen LogP contribution in [0.15, 0.2) is 58.5 Å². The Kier molecular flexibility index (Phi) is 9.45. The number of benzene rings is 3. The predicted octanol–water partition coefficient (Wildman–Crippen LogP) is 9.38. The Labute approximate surface area is 264 Å². The molecular weight excluding hydrogens is 542 g/mol. The summed E-state index contributed by atoms with van der Waals surface area (Å²) in [5, 5.41) is 31.8. The van der Waals surface area contributed by atoms with Crippen LogP contribution in [-0.2, 0) is 16.2 Å². The topological polar surface area (TPSA) is 89.0 Å². The first-order valence-corrected chi connectivity index (χ1v) is 15.8. The van der Waals surface area contributed by atoms with Gasteiger partial charge in [0, 0.05) is 34.7 Å². The van der Waals surface area contributed by atoms with E-state index in [4.69, 9.17) is 9.98 Å². The molecule has 1 aliphatic rings. The summed E-state index contributed by atoms with van der Waals surface area (Å²) in [4.78, 5) is 10.1. The van der Waals surface area contributed by atoms with Crippen molar-refractivity contribution in [3.63, 3.8) is 0 Å². The summed E-state index contributed by atoms with van der Waals surface area (Å²) >= 11 is 0. The average Bonchev–Trinajstić information content (AvgIpc) is 2.94. The Hall–Kier alpha value is -3.91. The second kappa shape index (κ2) is 12.6. The van der Waals surface area contributed by atoms with Gasteiger partial charge in [-0.3, -0.25) is 9.98 Å². The molecule has 0 aromatic heterocycles. The van der Waals surface area contributed by atoms with Crippen molar-refractivity contribution >= 4 is 12.4 Å². The lowest BCUT2D eigenvalue weighted by Gasteiger charge is -2.28. The van der Waals surface area contributed by atoms with Crippen LogP contribution < -0.4 is 0 Å². The van der Waals surface area contributed by atoms with Crippen LogP contribution in [-0.4, -0.2) is 34.7 Å². The molecule has 0 saturated heterocycles. The maximum atomic E-state index is 11.3. The van der Waals surface area contributed by atoms with Crippen molar-refractivity contribution in [2.75, 3.05) is 0 Å². The number of hydrogen-bond donors (Lipinski definition) is 2. The van der Waals surface area contributed by atoms with Gasteiger partial charge in [0.1, 0.15) is 11.5 Å². The van der Waals surface area contributed by atoms with Crippen LogP contribution in [0, 0.1) is 11.3 Å². The molecule has 2 atom stereocenters. The third kappa shape index (κ3) is 7.59. The first-order valence-electron chi connectivity index (χ1n) is 15.8. The SMILES string of the molecule is CC(C)(C)c1cc(C=N[C@@H]2CCCC[C@H]2N=Cc2cc(-c3ccc(C#N)cc3)cc(C(C)(C)C)c2O)c(O)c(C(C)(C)C)c1. The molecule has 1 aliphatic carbocycles. The molecule has 0 radical (unpaired) electrons. The Morgan fingerprint density at radius 1 is 0.659 bits per heavy atom. The number of aliphatic imine (C=N–C) groups is 2. The average molecular weight is 592 g/mol. The van der Waals surface area contributed by atoms with Gasteiger partial charge in [-0.25, -0.2) is 0 Å². The second-order valence-electron chi connectivity index (χ2n) is 15.3. The Morgan fingerprint density at radius 3 is 1.59 bits per heavy atom. The van der Waals surface area contributed by atoms with Crippen LogP contribution in [0.5, 0.6) is 11.5 Å². The Bertz CT molecular complexity index is 1590. The third-order valence-corrected chi connectivity index (χ3v) is 8.61. The fourth-order valence-corrected chi connectivity index (χ4v) is 5.78. The molecule has 232 valence electrons. The highest BCUT2D eigenvalue weighted by molar-refractivity contribution is 5.88. The lowest BCUT2D eigenvalue weighted by atomic mass is 9.79. The van der Waals surface area contributed by atoms with E-state index in [1.165, 1.54) is 5.56 Å². The highest BCUT2D eigenvalue weighted by Gasteiger charge is 2.27. The lowest BCUT2D eigenvalue weighted by Crippen LogP contribution is -2.27. The summed E-state index contributed by atoms with van der Waals surface area (Å²) in [6.45, 7) is 19.2. The van der Waals surface area contributed by atoms with Gasteiger partial charge in [-0.15, -0.1) is 0 Å². The van der Waals surface area contributed by atoms with E-state index in [-0.39, 0.29) is 34.1 Å². The zero-order valence-corrected chi connectivity index (χ0v) is 28.0. The van der Waals surface area contributed by atoms with Gasteiger partial charge in [-0.1, -0.05) is 93.4 Å². The first-order chi connectivity index (χ1) is 20.5. The molecule has 0 spiro atoms. The molecule has 3 aromatic carbocycles. The second-order valence-corrected chi connectivity index (χ2v) is 15.3. The molecular formula is C39H49N3O2. The van der Waals surface area contributed by atoms with Gasteiger partial charge in [-0.2, -0.15) is 5.26 Å². The molecule has 0 amide bonds. The molecule has 0 heterocycles. The number of phenols is 2. The maximum absolute atomic E-state index is 11.3. The van der Waals surface area contributed by atoms with Crippen LogP contribution in [0.4, 0.5) is 0 Å². The largest absolute Gasteiger partial charge is 0.507 e. The lowest BCUT2D eigenvalue weighted by molar-refractivity contribution is 0.390. The molecule has 0 bridgehead atoms. The van der Waals surface area contributed by atoms with Gasteiger partial charge in [0.25, 0.3) is 0 Å². The molecule has 4 rings (SSSR count). The number of rotatable bonds is 5. The minimum atomic E-state index is -0.275. The standard InChI is InChI=1S/C39H49N3O2/c1-37(2,3)30-19-29(36(44)32(21-30)39(7,8)9)24-42-34-13-11-10-12-33(34)41-23-28-18-27(20-31(35(28)43)38(4,5)6)26-16-14-25(22-40)15-17-26/h14-21,23-24,33-34,43-44H,10-13H2,1-9H3/t33-,34-/m1/s1. The van der Waals surface area contributed by atoms with E-state index in [9.17, 15) is 15.5 Å². The van der Waals surface area contributed by atoms with E-state index in [1.54, 1.807) is 0 Å². The molecule has 0 aliphatic heterocycles. The summed E-state index contributed by atoms with van der Waals surface area (Å²) in [6.07, 6.45) is 7.67. The van der Waals surface area contributed by atoms with E-state index in [1.807, 2.05) is 48.8 Å². The van der Waals surface area contributed by atoms with E-state index < -0.39 is 0 Å². The number of phenolic OH excluding ortho intramolecular Hbond substituents is 2. The quantitative estimate of drug-likeness (QED) is 0.290. The number of aromatic hydroxyl groups is 2. The van der Waals surface area contributed by atoms with Gasteiger partial charge in [0.05, 0.1) is 23.7 Å². The Balaban J connectivity index is 1.70. The van der Waals surface area contributed by atoms with E-state index in [0.29, 0.717) is 16.9 Å². The molecule has 0 unspecified atom stereocenters. The van der Waals surface area contributed by atoms with Crippen molar-refractivity contribution in [1.29, 1.82) is 5.26 Å². The van der Waals surface area contributed by atoms with Crippen molar-refractivity contribution in [2.24, 2.45) is 9.98 Å². The number of hydrogen-bond acceptors (Lipinski definition) is 5. The van der Waals surface area contributed by atoms with Crippen molar-refractivity contribution in [1.82, 2.24) is 0 Å². The van der Waals surface area contributed by atoms with Crippen LogP contribution in [0.2, 0.25) is 0 Å². The smallest absolute Gasteiger partial charge is 0.128 e. The van der Waals surface area contributed by atoms with Crippen LogP contribution in [0.1, 0.15) is 121 Å². The molecule has 5 nitrogen and oxygen atoms in total. The minimum absolute atomic E-state index is 0.0123. The molecule has 2 N–H and O–H groups in total. The molecule has 5 heteroatoms. The summed E-state index contributed by atoms with van der Waals surface area (Å²) in [7, 11) is 0. The molecule has 1 fully saturated rings. The van der Waals surface area contributed by atoms with Crippen LogP contribution >= 0.6 is 0 Å². The van der Waals surface area contributed by atoms with Crippen molar-refractivity contribution in [3.8, 4) is 28.7 Å². The van der Waals surface area contributed by atoms with Crippen molar-refractivity contribution < 1.29 is 10.2 Å². The zero-order valence-electron chi connectivity index (χ0n) is 28.0. The highest BCUT2D eigenvalue weighted by atomic mass is 16.3. The highest BCUT2D eigenvalue weighted by Crippen LogP contribution is 2.39. The minimum Gasteiger partial charge on any atom is -0.507 e. The van der Waals surface area contributed by atoms with E-state index >= 15 is 0 Å². The van der Waals surface area contributed by atoms with Crippen LogP contribution in [0.3, 0.4) is 0 Å². The van der Waals surface area contributed by atoms with Gasteiger partial charge in [-0.05, 0) is 76.1 Å².